The Labute approximate surface area is 140 Å². The number of alkyl carbamates (subject to hydrolysis) is 1. The summed E-state index contributed by atoms with van der Waals surface area (Å²) in [5.74, 6) is -1.16. The number of rotatable bonds is 6. The first-order chi connectivity index (χ1) is 11.5. The molecule has 0 fully saturated rings. The molecule has 0 saturated heterocycles. The van der Waals surface area contributed by atoms with Crippen LogP contribution in [0.3, 0.4) is 0 Å². The summed E-state index contributed by atoms with van der Waals surface area (Å²) in [4.78, 5) is 23.0. The van der Waals surface area contributed by atoms with Gasteiger partial charge in [-0.3, -0.25) is 0 Å². The Hall–Kier alpha value is -3.08. The topological polar surface area (TPSA) is 75.6 Å². The van der Waals surface area contributed by atoms with Crippen molar-refractivity contribution in [2.24, 2.45) is 0 Å². The van der Waals surface area contributed by atoms with E-state index in [4.69, 9.17) is 4.74 Å². The predicted octanol–water partition coefficient (Wildman–Crippen LogP) is 3.39. The van der Waals surface area contributed by atoms with Crippen molar-refractivity contribution in [1.82, 2.24) is 5.32 Å². The van der Waals surface area contributed by atoms with Crippen molar-refractivity contribution in [3.05, 3.63) is 77.4 Å². The number of carbonyl (C=O) groups excluding carboxylic acids is 1. The van der Waals surface area contributed by atoms with Crippen LogP contribution in [0.1, 0.15) is 16.7 Å². The van der Waals surface area contributed by atoms with Crippen molar-refractivity contribution in [3.8, 4) is 0 Å². The average Bonchev–Trinajstić information content (AvgIpc) is 2.59. The maximum Gasteiger partial charge on any atom is 0.408 e. The molecule has 2 N–H and O–H groups in total. The Kier molecular flexibility index (Phi) is 6.14. The molecule has 1 atom stereocenters. The van der Waals surface area contributed by atoms with Crippen molar-refractivity contribution < 1.29 is 19.4 Å². The van der Waals surface area contributed by atoms with Crippen LogP contribution in [-0.2, 0) is 16.1 Å². The minimum Gasteiger partial charge on any atom is -0.479 e. The summed E-state index contributed by atoms with van der Waals surface area (Å²) in [5, 5.41) is 11.5. The second-order valence-electron chi connectivity index (χ2n) is 5.29. The van der Waals surface area contributed by atoms with Gasteiger partial charge in [-0.2, -0.15) is 0 Å². The molecule has 0 saturated carbocycles. The van der Waals surface area contributed by atoms with Crippen LogP contribution in [-0.4, -0.2) is 23.2 Å². The zero-order valence-electron chi connectivity index (χ0n) is 13.3. The lowest BCUT2D eigenvalue weighted by Gasteiger charge is -2.11. The molecule has 0 heterocycles. The van der Waals surface area contributed by atoms with E-state index in [1.54, 1.807) is 6.08 Å². The highest BCUT2D eigenvalue weighted by molar-refractivity contribution is 5.82. The van der Waals surface area contributed by atoms with Gasteiger partial charge >= 0.3 is 12.1 Å². The predicted molar refractivity (Wildman–Crippen MR) is 91.4 cm³/mol. The number of hydrogen-bond acceptors (Lipinski definition) is 3. The third-order valence-electron chi connectivity index (χ3n) is 3.31. The number of benzene rings is 2. The summed E-state index contributed by atoms with van der Waals surface area (Å²) in [6, 6.07) is 15.6. The first-order valence-electron chi connectivity index (χ1n) is 7.49. The quantitative estimate of drug-likeness (QED) is 0.853. The first-order valence-corrected chi connectivity index (χ1v) is 7.49. The summed E-state index contributed by atoms with van der Waals surface area (Å²) in [7, 11) is 0. The SMILES string of the molecule is Cc1ccc(/C=C/[C@H](NC(=O)OCc2ccccc2)C(=O)O)cc1. The fraction of sp³-hybridized carbons (Fsp3) is 0.158. The Morgan fingerprint density at radius 3 is 2.42 bits per heavy atom. The van der Waals surface area contributed by atoms with E-state index in [1.807, 2.05) is 61.5 Å². The van der Waals surface area contributed by atoms with Gasteiger partial charge in [-0.1, -0.05) is 72.3 Å². The third kappa shape index (κ3) is 5.61. The van der Waals surface area contributed by atoms with E-state index in [2.05, 4.69) is 5.32 Å². The Morgan fingerprint density at radius 2 is 1.79 bits per heavy atom. The molecule has 5 heteroatoms. The molecule has 1 amide bonds. The monoisotopic (exact) mass is 325 g/mol. The fourth-order valence-electron chi connectivity index (χ4n) is 1.97. The molecule has 0 aliphatic carbocycles. The van der Waals surface area contributed by atoms with Crippen LogP contribution >= 0.6 is 0 Å². The Morgan fingerprint density at radius 1 is 1.12 bits per heavy atom. The molecular formula is C19H19NO4. The molecule has 2 aromatic rings. The number of carboxylic acid groups (broad SMARTS) is 1. The second kappa shape index (κ2) is 8.53. The number of carboxylic acids is 1. The van der Waals surface area contributed by atoms with Crippen molar-refractivity contribution >= 4 is 18.1 Å². The molecule has 2 aromatic carbocycles. The molecule has 24 heavy (non-hydrogen) atoms. The molecule has 2 rings (SSSR count). The van der Waals surface area contributed by atoms with E-state index in [0.29, 0.717) is 0 Å². The van der Waals surface area contributed by atoms with Gasteiger partial charge in [-0.25, -0.2) is 9.59 Å². The van der Waals surface area contributed by atoms with E-state index in [9.17, 15) is 14.7 Å². The van der Waals surface area contributed by atoms with Crippen molar-refractivity contribution in [2.75, 3.05) is 0 Å². The molecule has 0 bridgehead atoms. The molecule has 0 aliphatic heterocycles. The van der Waals surface area contributed by atoms with Crippen LogP contribution in [0, 0.1) is 6.92 Å². The molecule has 0 unspecified atom stereocenters. The summed E-state index contributed by atoms with van der Waals surface area (Å²) in [5.41, 5.74) is 2.80. The lowest BCUT2D eigenvalue weighted by molar-refractivity contribution is -0.138. The van der Waals surface area contributed by atoms with Gasteiger partial charge in [0.2, 0.25) is 0 Å². The van der Waals surface area contributed by atoms with Gasteiger partial charge < -0.3 is 15.2 Å². The van der Waals surface area contributed by atoms with E-state index in [1.165, 1.54) is 6.08 Å². The maximum absolute atomic E-state index is 11.8. The van der Waals surface area contributed by atoms with E-state index >= 15 is 0 Å². The van der Waals surface area contributed by atoms with Gasteiger partial charge in [-0.15, -0.1) is 0 Å². The zero-order valence-corrected chi connectivity index (χ0v) is 13.3. The van der Waals surface area contributed by atoms with Crippen molar-refractivity contribution in [1.29, 1.82) is 0 Å². The number of aryl methyl sites for hydroxylation is 1. The molecule has 0 radical (unpaired) electrons. The lowest BCUT2D eigenvalue weighted by Crippen LogP contribution is -2.39. The molecule has 0 aliphatic rings. The third-order valence-corrected chi connectivity index (χ3v) is 3.31. The number of carbonyl (C=O) groups is 2. The summed E-state index contributed by atoms with van der Waals surface area (Å²) in [6.07, 6.45) is 2.28. The standard InChI is InChI=1S/C19H19NO4/c1-14-7-9-15(10-8-14)11-12-17(18(21)22)20-19(23)24-13-16-5-3-2-4-6-16/h2-12,17H,13H2,1H3,(H,20,23)(H,21,22)/b12-11+/t17-/m0/s1. The highest BCUT2D eigenvalue weighted by Crippen LogP contribution is 2.06. The molecule has 0 aromatic heterocycles. The number of hydrogen-bond donors (Lipinski definition) is 2. The molecular weight excluding hydrogens is 306 g/mol. The van der Waals surface area contributed by atoms with Gasteiger partial charge in [0.15, 0.2) is 0 Å². The number of ether oxygens (including phenoxy) is 1. The van der Waals surface area contributed by atoms with E-state index in [0.717, 1.165) is 16.7 Å². The zero-order chi connectivity index (χ0) is 17.4. The Bertz CT molecular complexity index is 708. The smallest absolute Gasteiger partial charge is 0.408 e. The minimum absolute atomic E-state index is 0.0840. The van der Waals surface area contributed by atoms with Crippen LogP contribution in [0.2, 0.25) is 0 Å². The second-order valence-corrected chi connectivity index (χ2v) is 5.29. The summed E-state index contributed by atoms with van der Waals surface area (Å²) >= 11 is 0. The number of aliphatic carboxylic acids is 1. The van der Waals surface area contributed by atoms with E-state index in [-0.39, 0.29) is 6.61 Å². The Balaban J connectivity index is 1.91. The molecule has 5 nitrogen and oxygen atoms in total. The van der Waals surface area contributed by atoms with Gasteiger partial charge in [0.1, 0.15) is 12.6 Å². The first kappa shape index (κ1) is 17.3. The highest BCUT2D eigenvalue weighted by atomic mass is 16.5. The van der Waals surface area contributed by atoms with Crippen molar-refractivity contribution in [3.63, 3.8) is 0 Å². The number of amides is 1. The van der Waals surface area contributed by atoms with Gasteiger partial charge in [-0.05, 0) is 18.1 Å². The van der Waals surface area contributed by atoms with Crippen LogP contribution in [0.4, 0.5) is 4.79 Å². The molecule has 0 spiro atoms. The minimum atomic E-state index is -1.16. The highest BCUT2D eigenvalue weighted by Gasteiger charge is 2.17. The van der Waals surface area contributed by atoms with Crippen LogP contribution in [0.15, 0.2) is 60.7 Å². The van der Waals surface area contributed by atoms with Gasteiger partial charge in [0, 0.05) is 0 Å². The number of nitrogens with one attached hydrogen (secondary N) is 1. The van der Waals surface area contributed by atoms with Crippen LogP contribution < -0.4 is 5.32 Å². The average molecular weight is 325 g/mol. The van der Waals surface area contributed by atoms with Crippen LogP contribution in [0.25, 0.3) is 6.08 Å². The fourth-order valence-corrected chi connectivity index (χ4v) is 1.97. The summed E-state index contributed by atoms with van der Waals surface area (Å²) in [6.45, 7) is 2.05. The van der Waals surface area contributed by atoms with Crippen LogP contribution in [0.5, 0.6) is 0 Å². The lowest BCUT2D eigenvalue weighted by atomic mass is 10.1. The largest absolute Gasteiger partial charge is 0.479 e. The van der Waals surface area contributed by atoms with Gasteiger partial charge in [0.05, 0.1) is 0 Å². The summed E-state index contributed by atoms with van der Waals surface area (Å²) < 4.78 is 5.03. The van der Waals surface area contributed by atoms with Crippen molar-refractivity contribution in [2.45, 2.75) is 19.6 Å². The van der Waals surface area contributed by atoms with E-state index < -0.39 is 18.1 Å². The normalized spacial score (nSPS) is 11.9. The molecule has 124 valence electrons. The maximum atomic E-state index is 11.8. The van der Waals surface area contributed by atoms with Gasteiger partial charge in [0.25, 0.3) is 0 Å².